The van der Waals surface area contributed by atoms with Gasteiger partial charge in [-0.15, -0.1) is 0 Å². The van der Waals surface area contributed by atoms with Crippen LogP contribution in [0.3, 0.4) is 0 Å². The standard InChI is InChI=1S/C24H28N2O5/c1-5-29-20-13-18(11-12-19(20)31-15(2)3)22-21(16(4)25-24(28)26-22)23(27)30-14-17-9-7-6-8-10-17/h6-13,15,22H,5,14H2,1-4H3,(H2,25,26,28). The quantitative estimate of drug-likeness (QED) is 0.619. The molecule has 0 bridgehead atoms. The average molecular weight is 424 g/mol. The molecule has 2 aromatic rings. The van der Waals surface area contributed by atoms with Crippen LogP contribution in [0, 0.1) is 0 Å². The van der Waals surface area contributed by atoms with Crippen LogP contribution in [0.25, 0.3) is 0 Å². The van der Waals surface area contributed by atoms with Crippen molar-refractivity contribution in [1.82, 2.24) is 10.6 Å². The van der Waals surface area contributed by atoms with E-state index in [1.165, 1.54) is 0 Å². The fourth-order valence-electron chi connectivity index (χ4n) is 3.34. The Morgan fingerprint density at radius 3 is 2.52 bits per heavy atom. The van der Waals surface area contributed by atoms with E-state index in [9.17, 15) is 9.59 Å². The maximum absolute atomic E-state index is 13.0. The van der Waals surface area contributed by atoms with Gasteiger partial charge in [0, 0.05) is 5.70 Å². The van der Waals surface area contributed by atoms with E-state index in [0.29, 0.717) is 34.9 Å². The minimum absolute atomic E-state index is 0.0192. The predicted octanol–water partition coefficient (Wildman–Crippen LogP) is 4.24. The highest BCUT2D eigenvalue weighted by Gasteiger charge is 2.33. The SMILES string of the molecule is CCOc1cc(C2NC(=O)NC(C)=C2C(=O)OCc2ccccc2)ccc1OC(C)C. The first-order valence-electron chi connectivity index (χ1n) is 10.3. The van der Waals surface area contributed by atoms with Crippen LogP contribution >= 0.6 is 0 Å². The Bertz CT molecular complexity index is 969. The van der Waals surface area contributed by atoms with Crippen molar-refractivity contribution in [3.63, 3.8) is 0 Å². The summed E-state index contributed by atoms with van der Waals surface area (Å²) >= 11 is 0. The molecule has 1 aliphatic heterocycles. The molecule has 1 unspecified atom stereocenters. The summed E-state index contributed by atoms with van der Waals surface area (Å²) in [6, 6.07) is 13.8. The molecule has 0 aromatic heterocycles. The van der Waals surface area contributed by atoms with Crippen molar-refractivity contribution in [3.05, 3.63) is 70.9 Å². The van der Waals surface area contributed by atoms with Crippen LogP contribution in [0.1, 0.15) is 44.9 Å². The lowest BCUT2D eigenvalue weighted by Gasteiger charge is -2.28. The van der Waals surface area contributed by atoms with Crippen molar-refractivity contribution in [2.45, 2.75) is 46.4 Å². The summed E-state index contributed by atoms with van der Waals surface area (Å²) in [7, 11) is 0. The number of carbonyl (C=O) groups excluding carboxylic acids is 2. The molecular formula is C24H28N2O5. The molecule has 0 fully saturated rings. The molecule has 0 spiro atoms. The molecule has 1 atom stereocenters. The number of urea groups is 1. The third-order valence-electron chi connectivity index (χ3n) is 4.67. The number of rotatable bonds is 8. The molecule has 164 valence electrons. The molecule has 1 heterocycles. The van der Waals surface area contributed by atoms with Gasteiger partial charge in [-0.1, -0.05) is 36.4 Å². The lowest BCUT2D eigenvalue weighted by atomic mass is 9.95. The largest absolute Gasteiger partial charge is 0.490 e. The Labute approximate surface area is 182 Å². The molecular weight excluding hydrogens is 396 g/mol. The maximum atomic E-state index is 13.0. The maximum Gasteiger partial charge on any atom is 0.338 e. The molecule has 0 saturated heterocycles. The highest BCUT2D eigenvalue weighted by atomic mass is 16.5. The second kappa shape index (κ2) is 10.0. The van der Waals surface area contributed by atoms with Crippen molar-refractivity contribution in [1.29, 1.82) is 0 Å². The second-order valence-corrected chi connectivity index (χ2v) is 7.44. The van der Waals surface area contributed by atoms with Crippen molar-refractivity contribution in [2.75, 3.05) is 6.61 Å². The number of hydrogen-bond donors (Lipinski definition) is 2. The Hall–Kier alpha value is -3.48. The minimum Gasteiger partial charge on any atom is -0.490 e. The van der Waals surface area contributed by atoms with Crippen LogP contribution in [-0.4, -0.2) is 24.7 Å². The van der Waals surface area contributed by atoms with E-state index in [0.717, 1.165) is 5.56 Å². The van der Waals surface area contributed by atoms with Crippen LogP contribution in [0.15, 0.2) is 59.8 Å². The first-order valence-corrected chi connectivity index (χ1v) is 10.3. The molecule has 2 amide bonds. The minimum atomic E-state index is -0.677. The third-order valence-corrected chi connectivity index (χ3v) is 4.67. The summed E-state index contributed by atoms with van der Waals surface area (Å²) in [6.07, 6.45) is -0.0192. The Morgan fingerprint density at radius 1 is 1.10 bits per heavy atom. The molecule has 1 aliphatic rings. The van der Waals surface area contributed by atoms with E-state index in [-0.39, 0.29) is 18.7 Å². The zero-order valence-electron chi connectivity index (χ0n) is 18.2. The number of ether oxygens (including phenoxy) is 3. The van der Waals surface area contributed by atoms with Crippen molar-refractivity contribution >= 4 is 12.0 Å². The van der Waals surface area contributed by atoms with Gasteiger partial charge in [0.2, 0.25) is 0 Å². The normalized spacial score (nSPS) is 15.9. The first-order chi connectivity index (χ1) is 14.9. The molecule has 2 N–H and O–H groups in total. The van der Waals surface area contributed by atoms with Crippen LogP contribution in [-0.2, 0) is 16.1 Å². The van der Waals surface area contributed by atoms with Gasteiger partial charge in [0.05, 0.1) is 24.3 Å². The van der Waals surface area contributed by atoms with E-state index < -0.39 is 12.0 Å². The summed E-state index contributed by atoms with van der Waals surface area (Å²) in [4.78, 5) is 25.1. The van der Waals surface area contributed by atoms with Gasteiger partial charge < -0.3 is 24.8 Å². The Morgan fingerprint density at radius 2 is 1.84 bits per heavy atom. The van der Waals surface area contributed by atoms with Gasteiger partial charge in [0.25, 0.3) is 0 Å². The topological polar surface area (TPSA) is 85.9 Å². The van der Waals surface area contributed by atoms with E-state index in [1.54, 1.807) is 19.1 Å². The van der Waals surface area contributed by atoms with Gasteiger partial charge >= 0.3 is 12.0 Å². The zero-order valence-corrected chi connectivity index (χ0v) is 18.2. The predicted molar refractivity (Wildman–Crippen MR) is 117 cm³/mol. The van der Waals surface area contributed by atoms with Gasteiger partial charge in [-0.05, 0) is 51.0 Å². The molecule has 3 rings (SSSR count). The number of benzene rings is 2. The Balaban J connectivity index is 1.90. The highest BCUT2D eigenvalue weighted by molar-refractivity contribution is 5.95. The van der Waals surface area contributed by atoms with Gasteiger partial charge in [0.15, 0.2) is 11.5 Å². The molecule has 0 aliphatic carbocycles. The molecule has 0 saturated carbocycles. The lowest BCUT2D eigenvalue weighted by Crippen LogP contribution is -2.45. The number of hydrogen-bond acceptors (Lipinski definition) is 5. The van der Waals surface area contributed by atoms with E-state index in [1.807, 2.05) is 57.2 Å². The first kappa shape index (κ1) is 22.2. The molecule has 7 nitrogen and oxygen atoms in total. The zero-order chi connectivity index (χ0) is 22.4. The van der Waals surface area contributed by atoms with Crippen molar-refractivity contribution < 1.29 is 23.8 Å². The van der Waals surface area contributed by atoms with Gasteiger partial charge in [-0.25, -0.2) is 9.59 Å². The molecule has 31 heavy (non-hydrogen) atoms. The number of nitrogens with one attached hydrogen (secondary N) is 2. The fourth-order valence-corrected chi connectivity index (χ4v) is 3.34. The number of esters is 1. The van der Waals surface area contributed by atoms with Crippen LogP contribution < -0.4 is 20.1 Å². The van der Waals surface area contributed by atoms with E-state index in [4.69, 9.17) is 14.2 Å². The molecule has 0 radical (unpaired) electrons. The lowest BCUT2D eigenvalue weighted by molar-refractivity contribution is -0.140. The smallest absolute Gasteiger partial charge is 0.338 e. The van der Waals surface area contributed by atoms with Gasteiger partial charge in [0.1, 0.15) is 6.61 Å². The van der Waals surface area contributed by atoms with E-state index >= 15 is 0 Å². The summed E-state index contributed by atoms with van der Waals surface area (Å²) in [6.45, 7) is 8.03. The van der Waals surface area contributed by atoms with Gasteiger partial charge in [-0.2, -0.15) is 0 Å². The summed E-state index contributed by atoms with van der Waals surface area (Å²) < 4.78 is 17.1. The number of carbonyl (C=O) groups is 2. The van der Waals surface area contributed by atoms with Gasteiger partial charge in [-0.3, -0.25) is 0 Å². The summed E-state index contributed by atoms with van der Waals surface area (Å²) in [5.74, 6) is 0.658. The number of amides is 2. The fraction of sp³-hybridized carbons (Fsp3) is 0.333. The monoisotopic (exact) mass is 424 g/mol. The Kier molecular flexibility index (Phi) is 7.18. The van der Waals surface area contributed by atoms with E-state index in [2.05, 4.69) is 10.6 Å². The third kappa shape index (κ3) is 5.57. The highest BCUT2D eigenvalue weighted by Crippen LogP contribution is 2.35. The summed E-state index contributed by atoms with van der Waals surface area (Å²) in [5.41, 5.74) is 2.37. The molecule has 7 heteroatoms. The van der Waals surface area contributed by atoms with Crippen LogP contribution in [0.4, 0.5) is 4.79 Å². The number of allylic oxidation sites excluding steroid dienone is 1. The van der Waals surface area contributed by atoms with Crippen LogP contribution in [0.2, 0.25) is 0 Å². The van der Waals surface area contributed by atoms with Crippen molar-refractivity contribution in [3.8, 4) is 11.5 Å². The molecule has 2 aromatic carbocycles. The van der Waals surface area contributed by atoms with Crippen molar-refractivity contribution in [2.24, 2.45) is 0 Å². The average Bonchev–Trinajstić information content (AvgIpc) is 2.73. The summed E-state index contributed by atoms with van der Waals surface area (Å²) in [5, 5.41) is 5.47. The second-order valence-electron chi connectivity index (χ2n) is 7.44. The van der Waals surface area contributed by atoms with Crippen LogP contribution in [0.5, 0.6) is 11.5 Å².